The molecule has 25 heavy (non-hydrogen) atoms. The van der Waals surface area contributed by atoms with Crippen LogP contribution < -0.4 is 5.32 Å². The minimum absolute atomic E-state index is 0.130. The Labute approximate surface area is 155 Å². The third kappa shape index (κ3) is 4.93. The molecule has 0 unspecified atom stereocenters. The van der Waals surface area contributed by atoms with Crippen molar-refractivity contribution >= 4 is 17.2 Å². The van der Waals surface area contributed by atoms with Crippen LogP contribution >= 0.6 is 11.3 Å². The van der Waals surface area contributed by atoms with Crippen molar-refractivity contribution in [2.24, 2.45) is 0 Å². The number of hydrogen-bond donors (Lipinski definition) is 1. The molecule has 1 amide bonds. The van der Waals surface area contributed by atoms with E-state index in [1.165, 1.54) is 21.6 Å². The SMILES string of the molecule is CC(C)(C)c1ccc(CCNC(=O)CN2CCc3sccc3C2)cc1. The second kappa shape index (κ2) is 7.71. The van der Waals surface area contributed by atoms with Crippen molar-refractivity contribution in [3.05, 3.63) is 57.3 Å². The fraction of sp³-hybridized carbons (Fsp3) is 0.476. The van der Waals surface area contributed by atoms with Gasteiger partial charge in [0.05, 0.1) is 6.54 Å². The molecule has 1 aliphatic rings. The first-order chi connectivity index (χ1) is 11.9. The van der Waals surface area contributed by atoms with E-state index in [0.717, 1.165) is 25.9 Å². The Bertz CT molecular complexity index is 712. The molecule has 4 heteroatoms. The topological polar surface area (TPSA) is 32.3 Å². The molecule has 2 heterocycles. The maximum atomic E-state index is 12.2. The van der Waals surface area contributed by atoms with Crippen molar-refractivity contribution in [1.82, 2.24) is 10.2 Å². The predicted molar refractivity (Wildman–Crippen MR) is 105 cm³/mol. The molecule has 0 bridgehead atoms. The van der Waals surface area contributed by atoms with Gasteiger partial charge in [0, 0.05) is 24.5 Å². The molecule has 1 aromatic carbocycles. The molecule has 0 saturated heterocycles. The zero-order chi connectivity index (χ0) is 17.9. The summed E-state index contributed by atoms with van der Waals surface area (Å²) in [6.45, 7) is 9.75. The summed E-state index contributed by atoms with van der Waals surface area (Å²) in [4.78, 5) is 15.9. The van der Waals surface area contributed by atoms with Crippen LogP contribution in [-0.4, -0.2) is 30.4 Å². The van der Waals surface area contributed by atoms with Crippen LogP contribution in [0.2, 0.25) is 0 Å². The zero-order valence-electron chi connectivity index (χ0n) is 15.5. The Morgan fingerprint density at radius 3 is 2.68 bits per heavy atom. The smallest absolute Gasteiger partial charge is 0.234 e. The number of fused-ring (bicyclic) bond motifs is 1. The van der Waals surface area contributed by atoms with E-state index < -0.39 is 0 Å². The first-order valence-corrected chi connectivity index (χ1v) is 9.93. The van der Waals surface area contributed by atoms with Crippen molar-refractivity contribution in [1.29, 1.82) is 0 Å². The zero-order valence-corrected chi connectivity index (χ0v) is 16.3. The second-order valence-electron chi connectivity index (χ2n) is 7.88. The predicted octanol–water partition coefficient (Wildman–Crippen LogP) is 3.76. The highest BCUT2D eigenvalue weighted by atomic mass is 32.1. The van der Waals surface area contributed by atoms with Gasteiger partial charge in [0.1, 0.15) is 0 Å². The molecular weight excluding hydrogens is 328 g/mol. The Morgan fingerprint density at radius 2 is 1.96 bits per heavy atom. The van der Waals surface area contributed by atoms with Crippen LogP contribution in [0.4, 0.5) is 0 Å². The number of hydrogen-bond acceptors (Lipinski definition) is 3. The minimum Gasteiger partial charge on any atom is -0.355 e. The second-order valence-corrected chi connectivity index (χ2v) is 8.88. The molecular formula is C21H28N2OS. The average Bonchev–Trinajstić information content (AvgIpc) is 3.02. The molecule has 0 aliphatic carbocycles. The van der Waals surface area contributed by atoms with Crippen LogP contribution in [0.15, 0.2) is 35.7 Å². The van der Waals surface area contributed by atoms with Gasteiger partial charge in [0.25, 0.3) is 0 Å². The van der Waals surface area contributed by atoms with Gasteiger partial charge >= 0.3 is 0 Å². The van der Waals surface area contributed by atoms with Crippen LogP contribution in [0.5, 0.6) is 0 Å². The van der Waals surface area contributed by atoms with E-state index in [4.69, 9.17) is 0 Å². The van der Waals surface area contributed by atoms with E-state index in [2.05, 4.69) is 66.7 Å². The lowest BCUT2D eigenvalue weighted by Crippen LogP contribution is -2.40. The van der Waals surface area contributed by atoms with Crippen molar-refractivity contribution in [2.45, 2.75) is 45.6 Å². The van der Waals surface area contributed by atoms with Crippen LogP contribution in [0, 0.1) is 0 Å². The fourth-order valence-electron chi connectivity index (χ4n) is 3.22. The maximum absolute atomic E-state index is 12.2. The van der Waals surface area contributed by atoms with Gasteiger partial charge in [-0.3, -0.25) is 9.69 Å². The van der Waals surface area contributed by atoms with Crippen LogP contribution in [-0.2, 0) is 29.6 Å². The van der Waals surface area contributed by atoms with E-state index in [-0.39, 0.29) is 11.3 Å². The number of nitrogens with one attached hydrogen (secondary N) is 1. The molecule has 0 spiro atoms. The first-order valence-electron chi connectivity index (χ1n) is 9.05. The molecule has 1 aliphatic heterocycles. The fourth-order valence-corrected chi connectivity index (χ4v) is 4.11. The molecule has 3 nitrogen and oxygen atoms in total. The van der Waals surface area contributed by atoms with Crippen molar-refractivity contribution in [2.75, 3.05) is 19.6 Å². The summed E-state index contributed by atoms with van der Waals surface area (Å²) in [5.74, 6) is 0.130. The Balaban J connectivity index is 1.41. The molecule has 1 N–H and O–H groups in total. The molecule has 0 atom stereocenters. The molecule has 0 radical (unpaired) electrons. The molecule has 2 aromatic rings. The van der Waals surface area contributed by atoms with E-state index >= 15 is 0 Å². The van der Waals surface area contributed by atoms with Gasteiger partial charge in [-0.05, 0) is 46.4 Å². The number of carbonyl (C=O) groups excluding carboxylic acids is 1. The van der Waals surface area contributed by atoms with E-state index in [0.29, 0.717) is 13.1 Å². The van der Waals surface area contributed by atoms with Gasteiger partial charge in [-0.25, -0.2) is 0 Å². The maximum Gasteiger partial charge on any atom is 0.234 e. The van der Waals surface area contributed by atoms with Gasteiger partial charge in [-0.2, -0.15) is 0 Å². The molecule has 134 valence electrons. The van der Waals surface area contributed by atoms with Gasteiger partial charge in [0.15, 0.2) is 0 Å². The van der Waals surface area contributed by atoms with E-state index in [9.17, 15) is 4.79 Å². The summed E-state index contributed by atoms with van der Waals surface area (Å²) >= 11 is 1.83. The Hall–Kier alpha value is -1.65. The number of nitrogens with zero attached hydrogens (tertiary/aromatic N) is 1. The molecule has 0 saturated carbocycles. The normalized spacial score (nSPS) is 15.0. The van der Waals surface area contributed by atoms with Crippen LogP contribution in [0.25, 0.3) is 0 Å². The third-order valence-corrected chi connectivity index (χ3v) is 5.83. The standard InChI is InChI=1S/C21H28N2OS/c1-21(2,3)18-6-4-16(5-7-18)8-11-22-20(24)15-23-12-9-19-17(14-23)10-13-25-19/h4-7,10,13H,8-9,11-12,14-15H2,1-3H3,(H,22,24). The third-order valence-electron chi connectivity index (χ3n) is 4.81. The average molecular weight is 357 g/mol. The quantitative estimate of drug-likeness (QED) is 0.885. The number of thiophene rings is 1. The van der Waals surface area contributed by atoms with Crippen LogP contribution in [0.3, 0.4) is 0 Å². The first kappa shape index (κ1) is 18.2. The van der Waals surface area contributed by atoms with E-state index in [1.54, 1.807) is 0 Å². The van der Waals surface area contributed by atoms with Gasteiger partial charge in [0.2, 0.25) is 5.91 Å². The molecule has 1 aromatic heterocycles. The molecule has 0 fully saturated rings. The molecule has 3 rings (SSSR count). The number of carbonyl (C=O) groups is 1. The largest absolute Gasteiger partial charge is 0.355 e. The summed E-state index contributed by atoms with van der Waals surface area (Å²) in [6.07, 6.45) is 1.95. The minimum atomic E-state index is 0.130. The highest BCUT2D eigenvalue weighted by Gasteiger charge is 2.19. The number of benzene rings is 1. The summed E-state index contributed by atoms with van der Waals surface area (Å²) in [7, 11) is 0. The van der Waals surface area contributed by atoms with Gasteiger partial charge in [-0.1, -0.05) is 45.0 Å². The van der Waals surface area contributed by atoms with Crippen molar-refractivity contribution < 1.29 is 4.79 Å². The Morgan fingerprint density at radius 1 is 1.20 bits per heavy atom. The highest BCUT2D eigenvalue weighted by Crippen LogP contribution is 2.24. The lowest BCUT2D eigenvalue weighted by Gasteiger charge is -2.26. The number of amides is 1. The van der Waals surface area contributed by atoms with Gasteiger partial charge < -0.3 is 5.32 Å². The lowest BCUT2D eigenvalue weighted by molar-refractivity contribution is -0.122. The Kier molecular flexibility index (Phi) is 5.60. The highest BCUT2D eigenvalue weighted by molar-refractivity contribution is 7.10. The summed E-state index contributed by atoms with van der Waals surface area (Å²) in [5, 5.41) is 5.22. The van der Waals surface area contributed by atoms with Crippen molar-refractivity contribution in [3.63, 3.8) is 0 Å². The monoisotopic (exact) mass is 356 g/mol. The number of rotatable bonds is 5. The van der Waals surface area contributed by atoms with Gasteiger partial charge in [-0.15, -0.1) is 11.3 Å². The lowest BCUT2D eigenvalue weighted by atomic mass is 9.86. The van der Waals surface area contributed by atoms with Crippen molar-refractivity contribution in [3.8, 4) is 0 Å². The van der Waals surface area contributed by atoms with E-state index in [1.807, 2.05) is 11.3 Å². The summed E-state index contributed by atoms with van der Waals surface area (Å²) in [5.41, 5.74) is 4.19. The summed E-state index contributed by atoms with van der Waals surface area (Å²) < 4.78 is 0. The summed E-state index contributed by atoms with van der Waals surface area (Å²) in [6, 6.07) is 10.9. The van der Waals surface area contributed by atoms with Crippen LogP contribution in [0.1, 0.15) is 42.3 Å².